The Morgan fingerprint density at radius 3 is 2.71 bits per heavy atom. The van der Waals surface area contributed by atoms with Crippen LogP contribution in [0.15, 0.2) is 24.3 Å². The number of rotatable bonds is 4. The van der Waals surface area contributed by atoms with E-state index in [9.17, 15) is 13.5 Å². The van der Waals surface area contributed by atoms with Gasteiger partial charge in [-0.05, 0) is 38.2 Å². The third-order valence-corrected chi connectivity index (χ3v) is 5.69. The molecule has 118 valence electrons. The lowest BCUT2D eigenvalue weighted by Crippen LogP contribution is -2.41. The van der Waals surface area contributed by atoms with Crippen molar-refractivity contribution >= 4 is 21.6 Å². The van der Waals surface area contributed by atoms with Crippen molar-refractivity contribution in [3.63, 3.8) is 0 Å². The summed E-state index contributed by atoms with van der Waals surface area (Å²) in [6.45, 7) is 2.79. The first-order valence-corrected chi connectivity index (χ1v) is 9.35. The van der Waals surface area contributed by atoms with Crippen molar-refractivity contribution in [2.45, 2.75) is 31.8 Å². The molecule has 0 aliphatic carbocycles. The highest BCUT2D eigenvalue weighted by Crippen LogP contribution is 2.35. The molecule has 0 aromatic heterocycles. The van der Waals surface area contributed by atoms with Gasteiger partial charge < -0.3 is 5.11 Å². The third kappa shape index (κ3) is 4.19. The predicted molar refractivity (Wildman–Crippen MR) is 84.8 cm³/mol. The van der Waals surface area contributed by atoms with Crippen LogP contribution in [0.25, 0.3) is 0 Å². The summed E-state index contributed by atoms with van der Waals surface area (Å²) in [5.74, 6) is 0.139. The van der Waals surface area contributed by atoms with Crippen molar-refractivity contribution in [2.75, 3.05) is 19.3 Å². The SMILES string of the molecule is CC(O)(CC1CCCN(S(C)(=O)=O)C1)c1ccccc1Cl. The second kappa shape index (κ2) is 6.24. The van der Waals surface area contributed by atoms with Crippen LogP contribution in [0.1, 0.15) is 31.7 Å². The van der Waals surface area contributed by atoms with Gasteiger partial charge in [-0.15, -0.1) is 0 Å². The molecule has 1 aliphatic heterocycles. The molecule has 0 spiro atoms. The summed E-state index contributed by atoms with van der Waals surface area (Å²) in [6, 6.07) is 7.25. The fourth-order valence-electron chi connectivity index (χ4n) is 3.06. The summed E-state index contributed by atoms with van der Waals surface area (Å²) in [5, 5.41) is 11.3. The predicted octanol–water partition coefficient (Wildman–Crippen LogP) is 2.61. The molecular formula is C15H22ClNO3S. The van der Waals surface area contributed by atoms with Crippen LogP contribution in [0.2, 0.25) is 5.02 Å². The van der Waals surface area contributed by atoms with E-state index in [1.807, 2.05) is 18.2 Å². The van der Waals surface area contributed by atoms with Gasteiger partial charge in [-0.2, -0.15) is 0 Å². The molecule has 0 saturated carbocycles. The highest BCUT2D eigenvalue weighted by atomic mass is 35.5. The minimum absolute atomic E-state index is 0.139. The summed E-state index contributed by atoms with van der Waals surface area (Å²) in [4.78, 5) is 0. The van der Waals surface area contributed by atoms with Crippen molar-refractivity contribution in [1.29, 1.82) is 0 Å². The molecule has 1 aliphatic rings. The van der Waals surface area contributed by atoms with Gasteiger partial charge in [-0.1, -0.05) is 29.8 Å². The first-order chi connectivity index (χ1) is 9.70. The topological polar surface area (TPSA) is 57.6 Å². The molecule has 1 heterocycles. The van der Waals surface area contributed by atoms with Gasteiger partial charge in [0.25, 0.3) is 0 Å². The maximum atomic E-state index is 11.7. The number of aliphatic hydroxyl groups is 1. The van der Waals surface area contributed by atoms with E-state index in [4.69, 9.17) is 11.6 Å². The molecule has 0 bridgehead atoms. The molecule has 21 heavy (non-hydrogen) atoms. The summed E-state index contributed by atoms with van der Waals surface area (Å²) in [6.07, 6.45) is 3.49. The summed E-state index contributed by atoms with van der Waals surface area (Å²) >= 11 is 6.16. The number of halogens is 1. The molecule has 1 aromatic carbocycles. The van der Waals surface area contributed by atoms with E-state index in [1.165, 1.54) is 10.6 Å². The fourth-order valence-corrected chi connectivity index (χ4v) is 4.35. The van der Waals surface area contributed by atoms with E-state index in [0.29, 0.717) is 30.1 Å². The lowest BCUT2D eigenvalue weighted by atomic mass is 9.83. The van der Waals surface area contributed by atoms with Crippen molar-refractivity contribution in [1.82, 2.24) is 4.31 Å². The van der Waals surface area contributed by atoms with Crippen LogP contribution < -0.4 is 0 Å². The van der Waals surface area contributed by atoms with Gasteiger partial charge in [0.2, 0.25) is 10.0 Å². The molecule has 2 unspecified atom stereocenters. The average Bonchev–Trinajstić information content (AvgIpc) is 2.37. The highest BCUT2D eigenvalue weighted by molar-refractivity contribution is 7.88. The molecule has 0 amide bonds. The Kier molecular flexibility index (Phi) is 4.98. The maximum Gasteiger partial charge on any atom is 0.211 e. The van der Waals surface area contributed by atoms with Crippen molar-refractivity contribution in [3.05, 3.63) is 34.9 Å². The first-order valence-electron chi connectivity index (χ1n) is 7.12. The van der Waals surface area contributed by atoms with E-state index < -0.39 is 15.6 Å². The van der Waals surface area contributed by atoms with E-state index in [1.54, 1.807) is 13.0 Å². The van der Waals surface area contributed by atoms with Gasteiger partial charge in [0.05, 0.1) is 11.9 Å². The monoisotopic (exact) mass is 331 g/mol. The largest absolute Gasteiger partial charge is 0.385 e. The minimum Gasteiger partial charge on any atom is -0.385 e. The Labute approximate surface area is 131 Å². The molecule has 6 heteroatoms. The molecule has 1 N–H and O–H groups in total. The van der Waals surface area contributed by atoms with Crippen LogP contribution >= 0.6 is 11.6 Å². The minimum atomic E-state index is -3.16. The van der Waals surface area contributed by atoms with E-state index in [-0.39, 0.29) is 5.92 Å². The first kappa shape index (κ1) is 16.7. The summed E-state index contributed by atoms with van der Waals surface area (Å²) in [7, 11) is -3.16. The third-order valence-electron chi connectivity index (χ3n) is 4.09. The van der Waals surface area contributed by atoms with Gasteiger partial charge in [-0.3, -0.25) is 0 Å². The molecule has 0 radical (unpaired) electrons. The van der Waals surface area contributed by atoms with Crippen molar-refractivity contribution < 1.29 is 13.5 Å². The second-order valence-electron chi connectivity index (χ2n) is 6.09. The second-order valence-corrected chi connectivity index (χ2v) is 8.48. The summed E-state index contributed by atoms with van der Waals surface area (Å²) < 4.78 is 24.8. The molecular weight excluding hydrogens is 310 g/mol. The number of hydrogen-bond donors (Lipinski definition) is 1. The van der Waals surface area contributed by atoms with E-state index in [2.05, 4.69) is 0 Å². The van der Waals surface area contributed by atoms with E-state index >= 15 is 0 Å². The molecule has 4 nitrogen and oxygen atoms in total. The van der Waals surface area contributed by atoms with Crippen LogP contribution in [0.5, 0.6) is 0 Å². The molecule has 1 fully saturated rings. The summed E-state index contributed by atoms with van der Waals surface area (Å²) in [5.41, 5.74) is -0.355. The smallest absolute Gasteiger partial charge is 0.211 e. The highest BCUT2D eigenvalue weighted by Gasteiger charge is 2.33. The van der Waals surface area contributed by atoms with Crippen LogP contribution in [0.3, 0.4) is 0 Å². The van der Waals surface area contributed by atoms with Crippen LogP contribution in [0.4, 0.5) is 0 Å². The molecule has 2 atom stereocenters. The van der Waals surface area contributed by atoms with Crippen LogP contribution in [-0.2, 0) is 15.6 Å². The lowest BCUT2D eigenvalue weighted by molar-refractivity contribution is 0.0212. The van der Waals surface area contributed by atoms with Crippen LogP contribution in [-0.4, -0.2) is 37.2 Å². The Balaban J connectivity index is 2.12. The Morgan fingerprint density at radius 1 is 1.43 bits per heavy atom. The fraction of sp³-hybridized carbons (Fsp3) is 0.600. The quantitative estimate of drug-likeness (QED) is 0.922. The average molecular weight is 332 g/mol. The van der Waals surface area contributed by atoms with Gasteiger partial charge in [0.1, 0.15) is 0 Å². The number of benzene rings is 1. The normalized spacial score (nSPS) is 23.7. The van der Waals surface area contributed by atoms with Crippen LogP contribution in [0, 0.1) is 5.92 Å². The Bertz CT molecular complexity index is 601. The molecule has 2 rings (SSSR count). The van der Waals surface area contributed by atoms with Gasteiger partial charge in [0, 0.05) is 23.7 Å². The number of nitrogens with zero attached hydrogens (tertiary/aromatic N) is 1. The zero-order valence-electron chi connectivity index (χ0n) is 12.4. The Hall–Kier alpha value is -0.620. The molecule has 1 saturated heterocycles. The zero-order valence-corrected chi connectivity index (χ0v) is 14.0. The Morgan fingerprint density at radius 2 is 2.10 bits per heavy atom. The van der Waals surface area contributed by atoms with Crippen molar-refractivity contribution in [3.8, 4) is 0 Å². The molecule has 1 aromatic rings. The standard InChI is InChI=1S/C15H22ClNO3S/c1-15(18,13-7-3-4-8-14(13)16)10-12-6-5-9-17(11-12)21(2,19)20/h3-4,7-8,12,18H,5-6,9-11H2,1-2H3. The van der Waals surface area contributed by atoms with Gasteiger partial charge in [-0.25, -0.2) is 12.7 Å². The number of piperidine rings is 1. The van der Waals surface area contributed by atoms with Crippen molar-refractivity contribution in [2.24, 2.45) is 5.92 Å². The number of hydrogen-bond acceptors (Lipinski definition) is 3. The van der Waals surface area contributed by atoms with Gasteiger partial charge in [0.15, 0.2) is 0 Å². The lowest BCUT2D eigenvalue weighted by Gasteiger charge is -2.35. The number of sulfonamides is 1. The van der Waals surface area contributed by atoms with E-state index in [0.717, 1.165) is 12.8 Å². The maximum absolute atomic E-state index is 11.7. The van der Waals surface area contributed by atoms with Gasteiger partial charge >= 0.3 is 0 Å². The zero-order chi connectivity index (χ0) is 15.7.